The van der Waals surface area contributed by atoms with Gasteiger partial charge in [-0.15, -0.1) is 12.4 Å². The van der Waals surface area contributed by atoms with Crippen LogP contribution >= 0.6 is 12.4 Å². The lowest BCUT2D eigenvalue weighted by molar-refractivity contribution is -0.121. The van der Waals surface area contributed by atoms with E-state index in [0.717, 1.165) is 10.8 Å². The quantitative estimate of drug-likeness (QED) is 0.573. The van der Waals surface area contributed by atoms with Crippen molar-refractivity contribution in [1.29, 1.82) is 0 Å². The van der Waals surface area contributed by atoms with Crippen molar-refractivity contribution in [2.75, 3.05) is 26.7 Å². The molecule has 1 heterocycles. The maximum atomic E-state index is 12.7. The summed E-state index contributed by atoms with van der Waals surface area (Å²) in [4.78, 5) is 38.4. The molecule has 2 aromatic carbocycles. The standard InChI is InChI=1S/C19H21N3O3.ClH/c1-20-10-11-21-16(23)9-4-12-22-18(24)14-7-2-5-13-6-3-8-15(17(13)14)19(22)25;/h2-3,5-8,20H,4,9-12H2,1H3,(H,21,23);1H. The van der Waals surface area contributed by atoms with Crippen LogP contribution in [0.3, 0.4) is 0 Å². The molecule has 0 unspecified atom stereocenters. The molecule has 0 atom stereocenters. The van der Waals surface area contributed by atoms with E-state index in [4.69, 9.17) is 0 Å². The molecule has 138 valence electrons. The van der Waals surface area contributed by atoms with Gasteiger partial charge >= 0.3 is 0 Å². The second-order valence-electron chi connectivity index (χ2n) is 6.03. The average Bonchev–Trinajstić information content (AvgIpc) is 2.62. The Morgan fingerprint density at radius 2 is 1.62 bits per heavy atom. The second kappa shape index (κ2) is 8.78. The Morgan fingerprint density at radius 1 is 1.00 bits per heavy atom. The highest BCUT2D eigenvalue weighted by molar-refractivity contribution is 6.25. The summed E-state index contributed by atoms with van der Waals surface area (Å²) in [5, 5.41) is 7.35. The number of nitrogens with one attached hydrogen (secondary N) is 2. The Hall–Kier alpha value is -2.44. The van der Waals surface area contributed by atoms with Crippen molar-refractivity contribution < 1.29 is 14.4 Å². The summed E-state index contributed by atoms with van der Waals surface area (Å²) in [6.07, 6.45) is 0.730. The minimum atomic E-state index is -0.287. The summed E-state index contributed by atoms with van der Waals surface area (Å²) in [6, 6.07) is 10.9. The zero-order chi connectivity index (χ0) is 17.8. The number of carbonyl (C=O) groups is 3. The minimum Gasteiger partial charge on any atom is -0.355 e. The van der Waals surface area contributed by atoms with Crippen LogP contribution in [0.4, 0.5) is 0 Å². The molecule has 0 aromatic heterocycles. The molecule has 6 nitrogen and oxygen atoms in total. The third-order valence-electron chi connectivity index (χ3n) is 4.34. The lowest BCUT2D eigenvalue weighted by Crippen LogP contribution is -2.41. The molecule has 0 aliphatic carbocycles. The number of likely N-dealkylation sites (N-methyl/N-ethyl adjacent to an activating group) is 1. The monoisotopic (exact) mass is 375 g/mol. The summed E-state index contributed by atoms with van der Waals surface area (Å²) >= 11 is 0. The highest BCUT2D eigenvalue weighted by atomic mass is 35.5. The molecule has 3 rings (SSSR count). The first kappa shape index (κ1) is 19.9. The van der Waals surface area contributed by atoms with Crippen molar-refractivity contribution in [3.63, 3.8) is 0 Å². The Labute approximate surface area is 158 Å². The predicted molar refractivity (Wildman–Crippen MR) is 103 cm³/mol. The zero-order valence-corrected chi connectivity index (χ0v) is 15.4. The van der Waals surface area contributed by atoms with E-state index in [2.05, 4.69) is 10.6 Å². The molecule has 1 aliphatic heterocycles. The van der Waals surface area contributed by atoms with Gasteiger partial charge in [0.25, 0.3) is 11.8 Å². The number of imide groups is 1. The summed E-state index contributed by atoms with van der Waals surface area (Å²) in [6.45, 7) is 1.50. The summed E-state index contributed by atoms with van der Waals surface area (Å²) in [7, 11) is 1.82. The van der Waals surface area contributed by atoms with Gasteiger partial charge in [-0.1, -0.05) is 24.3 Å². The van der Waals surface area contributed by atoms with Gasteiger partial charge in [0.15, 0.2) is 0 Å². The SMILES string of the molecule is CNCCNC(=O)CCCN1C(=O)c2cccc3cccc(c23)C1=O.Cl. The van der Waals surface area contributed by atoms with Gasteiger partial charge in [-0.2, -0.15) is 0 Å². The first-order valence-electron chi connectivity index (χ1n) is 8.42. The topological polar surface area (TPSA) is 78.5 Å². The van der Waals surface area contributed by atoms with Crippen LogP contribution in [0.5, 0.6) is 0 Å². The second-order valence-corrected chi connectivity index (χ2v) is 6.03. The third kappa shape index (κ3) is 3.86. The number of nitrogens with zero attached hydrogens (tertiary/aromatic N) is 1. The molecule has 0 spiro atoms. The third-order valence-corrected chi connectivity index (χ3v) is 4.34. The van der Waals surface area contributed by atoms with Crippen molar-refractivity contribution in [2.24, 2.45) is 0 Å². The van der Waals surface area contributed by atoms with E-state index in [0.29, 0.717) is 30.6 Å². The molecule has 2 N–H and O–H groups in total. The number of amides is 3. The fourth-order valence-corrected chi connectivity index (χ4v) is 3.10. The number of benzene rings is 2. The van der Waals surface area contributed by atoms with Crippen LogP contribution in [0.1, 0.15) is 33.6 Å². The van der Waals surface area contributed by atoms with Gasteiger partial charge in [0, 0.05) is 42.6 Å². The number of halogens is 1. The molecule has 0 saturated heterocycles. The van der Waals surface area contributed by atoms with Crippen LogP contribution in [-0.2, 0) is 4.79 Å². The lowest BCUT2D eigenvalue weighted by atomic mass is 9.94. The van der Waals surface area contributed by atoms with Crippen molar-refractivity contribution >= 4 is 40.9 Å². The van der Waals surface area contributed by atoms with E-state index in [1.165, 1.54) is 4.90 Å². The van der Waals surface area contributed by atoms with Gasteiger partial charge in [-0.3, -0.25) is 19.3 Å². The molecule has 0 radical (unpaired) electrons. The van der Waals surface area contributed by atoms with Crippen LogP contribution in [0.2, 0.25) is 0 Å². The lowest BCUT2D eigenvalue weighted by Gasteiger charge is -2.27. The Balaban J connectivity index is 0.00000243. The van der Waals surface area contributed by atoms with Crippen LogP contribution in [0, 0.1) is 0 Å². The maximum Gasteiger partial charge on any atom is 0.261 e. The normalized spacial score (nSPS) is 12.9. The fraction of sp³-hybridized carbons (Fsp3) is 0.316. The van der Waals surface area contributed by atoms with Crippen molar-refractivity contribution in [2.45, 2.75) is 12.8 Å². The number of hydrogen-bond acceptors (Lipinski definition) is 4. The predicted octanol–water partition coefficient (Wildman–Crippen LogP) is 1.97. The van der Waals surface area contributed by atoms with E-state index in [9.17, 15) is 14.4 Å². The highest BCUT2D eigenvalue weighted by Gasteiger charge is 2.32. The van der Waals surface area contributed by atoms with Crippen LogP contribution in [0.15, 0.2) is 36.4 Å². The molecule has 2 aromatic rings. The fourth-order valence-electron chi connectivity index (χ4n) is 3.10. The number of carbonyl (C=O) groups excluding carboxylic acids is 3. The molecule has 7 heteroatoms. The maximum absolute atomic E-state index is 12.7. The van der Waals surface area contributed by atoms with Gasteiger partial charge in [0.2, 0.25) is 5.91 Å². The van der Waals surface area contributed by atoms with E-state index >= 15 is 0 Å². The molecule has 0 bridgehead atoms. The van der Waals surface area contributed by atoms with Crippen molar-refractivity contribution in [3.8, 4) is 0 Å². The number of hydrogen-bond donors (Lipinski definition) is 2. The summed E-state index contributed by atoms with van der Waals surface area (Å²) in [5.41, 5.74) is 1.09. The van der Waals surface area contributed by atoms with E-state index < -0.39 is 0 Å². The van der Waals surface area contributed by atoms with Gasteiger partial charge in [-0.05, 0) is 31.0 Å². The van der Waals surface area contributed by atoms with E-state index in [-0.39, 0.29) is 43.1 Å². The molecule has 1 aliphatic rings. The smallest absolute Gasteiger partial charge is 0.261 e. The van der Waals surface area contributed by atoms with Crippen LogP contribution in [0.25, 0.3) is 10.8 Å². The van der Waals surface area contributed by atoms with E-state index in [1.807, 2.05) is 31.3 Å². The Bertz CT molecular complexity index is 787. The average molecular weight is 376 g/mol. The summed E-state index contributed by atoms with van der Waals surface area (Å²) in [5.74, 6) is -0.649. The zero-order valence-electron chi connectivity index (χ0n) is 14.6. The van der Waals surface area contributed by atoms with Crippen LogP contribution in [-0.4, -0.2) is 49.3 Å². The molecule has 0 fully saturated rings. The molecular formula is C19H22ClN3O3. The Morgan fingerprint density at radius 3 is 2.19 bits per heavy atom. The van der Waals surface area contributed by atoms with Gasteiger partial charge < -0.3 is 10.6 Å². The minimum absolute atomic E-state index is 0. The van der Waals surface area contributed by atoms with Gasteiger partial charge in [-0.25, -0.2) is 0 Å². The van der Waals surface area contributed by atoms with E-state index in [1.54, 1.807) is 12.1 Å². The first-order valence-corrected chi connectivity index (χ1v) is 8.42. The van der Waals surface area contributed by atoms with Crippen molar-refractivity contribution in [3.05, 3.63) is 47.5 Å². The molecule has 3 amide bonds. The Kier molecular flexibility index (Phi) is 6.71. The molecule has 26 heavy (non-hydrogen) atoms. The first-order chi connectivity index (χ1) is 12.1. The molecular weight excluding hydrogens is 354 g/mol. The van der Waals surface area contributed by atoms with Crippen LogP contribution < -0.4 is 10.6 Å². The van der Waals surface area contributed by atoms with Crippen molar-refractivity contribution in [1.82, 2.24) is 15.5 Å². The largest absolute Gasteiger partial charge is 0.355 e. The van der Waals surface area contributed by atoms with Gasteiger partial charge in [0.05, 0.1) is 0 Å². The molecule has 0 saturated carbocycles. The van der Waals surface area contributed by atoms with Gasteiger partial charge in [0.1, 0.15) is 0 Å². The number of rotatable bonds is 7. The summed E-state index contributed by atoms with van der Waals surface area (Å²) < 4.78 is 0. The highest BCUT2D eigenvalue weighted by Crippen LogP contribution is 2.29.